The van der Waals surface area contributed by atoms with Crippen LogP contribution in [0, 0.1) is 11.6 Å². The molecule has 0 fully saturated rings. The van der Waals surface area contributed by atoms with Crippen molar-refractivity contribution in [3.05, 3.63) is 53.1 Å². The second-order valence-electron chi connectivity index (χ2n) is 6.48. The Morgan fingerprint density at radius 1 is 1.07 bits per heavy atom. The average molecular weight is 411 g/mol. The fourth-order valence-corrected chi connectivity index (χ4v) is 5.14. The molecule has 0 saturated carbocycles. The molecule has 1 aliphatic heterocycles. The third-order valence-electron chi connectivity index (χ3n) is 4.77. The summed E-state index contributed by atoms with van der Waals surface area (Å²) < 4.78 is 65.9. The van der Waals surface area contributed by atoms with E-state index in [1.54, 1.807) is 13.0 Å². The van der Waals surface area contributed by atoms with Gasteiger partial charge in [-0.15, -0.1) is 0 Å². The van der Waals surface area contributed by atoms with Crippen molar-refractivity contribution in [2.45, 2.75) is 38.1 Å². The fraction of sp³-hybridized carbons (Fsp3) is 0.400. The predicted molar refractivity (Wildman–Crippen MR) is 101 cm³/mol. The molecule has 0 aliphatic carbocycles. The summed E-state index contributed by atoms with van der Waals surface area (Å²) in [4.78, 5) is -0.528. The Hall–Kier alpha value is -2.19. The van der Waals surface area contributed by atoms with Crippen molar-refractivity contribution < 1.29 is 26.7 Å². The molecule has 0 saturated heterocycles. The van der Waals surface area contributed by atoms with Crippen LogP contribution in [0.3, 0.4) is 0 Å². The van der Waals surface area contributed by atoms with Crippen LogP contribution in [0.15, 0.2) is 35.2 Å². The Kier molecular flexibility index (Phi) is 5.90. The first-order chi connectivity index (χ1) is 13.3. The van der Waals surface area contributed by atoms with Gasteiger partial charge in [-0.25, -0.2) is 17.2 Å². The number of halogens is 2. The normalized spacial score (nSPS) is 17.2. The third kappa shape index (κ3) is 3.71. The molecule has 1 atom stereocenters. The topological polar surface area (TPSA) is 55.8 Å². The maximum Gasteiger partial charge on any atom is 0.246 e. The number of benzene rings is 2. The lowest BCUT2D eigenvalue weighted by Gasteiger charge is -2.35. The van der Waals surface area contributed by atoms with Gasteiger partial charge in [-0.3, -0.25) is 0 Å². The van der Waals surface area contributed by atoms with E-state index >= 15 is 0 Å². The number of sulfonamides is 1. The Morgan fingerprint density at radius 3 is 2.32 bits per heavy atom. The van der Waals surface area contributed by atoms with Crippen LogP contribution >= 0.6 is 0 Å². The van der Waals surface area contributed by atoms with E-state index < -0.39 is 32.6 Å². The van der Waals surface area contributed by atoms with E-state index in [0.29, 0.717) is 37.2 Å². The lowest BCUT2D eigenvalue weighted by Crippen LogP contribution is -2.39. The maximum atomic E-state index is 14.1. The van der Waals surface area contributed by atoms with Gasteiger partial charge in [0.2, 0.25) is 10.0 Å². The van der Waals surface area contributed by atoms with Crippen molar-refractivity contribution in [2.24, 2.45) is 0 Å². The molecule has 2 aromatic rings. The van der Waals surface area contributed by atoms with E-state index in [4.69, 9.17) is 9.47 Å². The zero-order valence-corrected chi connectivity index (χ0v) is 16.9. The van der Waals surface area contributed by atoms with Gasteiger partial charge in [0.15, 0.2) is 11.5 Å². The number of rotatable bonds is 6. The molecule has 0 amide bonds. The van der Waals surface area contributed by atoms with Crippen molar-refractivity contribution >= 4 is 10.0 Å². The minimum atomic E-state index is -4.13. The molecule has 1 aliphatic rings. The molecule has 152 valence electrons. The van der Waals surface area contributed by atoms with E-state index in [0.717, 1.165) is 23.3 Å². The summed E-state index contributed by atoms with van der Waals surface area (Å²) in [7, 11) is -4.13. The SMILES string of the molecule is CCOc1cc2c(cc1OCC)C(C)N(S(=O)(=O)c1ccc(F)cc1F)CC2. The van der Waals surface area contributed by atoms with Crippen LogP contribution in [0.2, 0.25) is 0 Å². The van der Waals surface area contributed by atoms with E-state index in [-0.39, 0.29) is 6.54 Å². The first-order valence-electron chi connectivity index (χ1n) is 9.18. The first kappa shape index (κ1) is 20.5. The van der Waals surface area contributed by atoms with Gasteiger partial charge in [0, 0.05) is 18.7 Å². The van der Waals surface area contributed by atoms with Crippen LogP contribution in [-0.2, 0) is 16.4 Å². The van der Waals surface area contributed by atoms with Crippen LogP contribution in [-0.4, -0.2) is 32.5 Å². The molecule has 8 heteroatoms. The molecule has 0 aromatic heterocycles. The van der Waals surface area contributed by atoms with Crippen LogP contribution < -0.4 is 9.47 Å². The van der Waals surface area contributed by atoms with E-state index in [2.05, 4.69) is 0 Å². The minimum Gasteiger partial charge on any atom is -0.490 e. The molecule has 5 nitrogen and oxygen atoms in total. The Balaban J connectivity index is 2.02. The molecule has 1 heterocycles. The average Bonchev–Trinajstić information content (AvgIpc) is 2.63. The Labute approximate surface area is 163 Å². The van der Waals surface area contributed by atoms with E-state index in [9.17, 15) is 17.2 Å². The van der Waals surface area contributed by atoms with Crippen LogP contribution in [0.25, 0.3) is 0 Å². The second kappa shape index (κ2) is 8.05. The first-order valence-corrected chi connectivity index (χ1v) is 10.6. The highest BCUT2D eigenvalue weighted by molar-refractivity contribution is 7.89. The van der Waals surface area contributed by atoms with Gasteiger partial charge in [-0.2, -0.15) is 4.31 Å². The summed E-state index contributed by atoms with van der Waals surface area (Å²) in [5.74, 6) is -0.753. The predicted octanol–water partition coefficient (Wildman–Crippen LogP) is 4.07. The summed E-state index contributed by atoms with van der Waals surface area (Å²) in [5.41, 5.74) is 1.75. The van der Waals surface area contributed by atoms with Crippen molar-refractivity contribution in [1.82, 2.24) is 4.31 Å². The molecular formula is C20H23F2NO4S. The number of fused-ring (bicyclic) bond motifs is 1. The van der Waals surface area contributed by atoms with Crippen molar-refractivity contribution in [1.29, 1.82) is 0 Å². The standard InChI is InChI=1S/C20H23F2NO4S/c1-4-26-18-10-14-8-9-23(13(3)16(14)12-19(18)27-5-2)28(24,25)20-7-6-15(21)11-17(20)22/h6-7,10-13H,4-5,8-9H2,1-3H3. The second-order valence-corrected chi connectivity index (χ2v) is 8.34. The van der Waals surface area contributed by atoms with E-state index in [1.165, 1.54) is 4.31 Å². The van der Waals surface area contributed by atoms with Gasteiger partial charge in [0.1, 0.15) is 16.5 Å². The molecule has 3 rings (SSSR count). The lowest BCUT2D eigenvalue weighted by atomic mass is 9.94. The summed E-state index contributed by atoms with van der Waals surface area (Å²) in [6.07, 6.45) is 0.453. The molecule has 2 aromatic carbocycles. The zero-order chi connectivity index (χ0) is 20.5. The summed E-state index contributed by atoms with van der Waals surface area (Å²) in [6, 6.07) is 5.62. The number of hydrogen-bond acceptors (Lipinski definition) is 4. The molecule has 0 N–H and O–H groups in total. The van der Waals surface area contributed by atoms with Crippen LogP contribution in [0.5, 0.6) is 11.5 Å². The zero-order valence-electron chi connectivity index (χ0n) is 16.0. The summed E-state index contributed by atoms with van der Waals surface area (Å²) >= 11 is 0. The number of ether oxygens (including phenoxy) is 2. The number of nitrogens with zero attached hydrogens (tertiary/aromatic N) is 1. The van der Waals surface area contributed by atoms with Crippen molar-refractivity contribution in [3.63, 3.8) is 0 Å². The molecule has 0 spiro atoms. The van der Waals surface area contributed by atoms with Gasteiger partial charge in [-0.05, 0) is 62.6 Å². The van der Waals surface area contributed by atoms with Gasteiger partial charge in [-0.1, -0.05) is 0 Å². The Morgan fingerprint density at radius 2 is 1.71 bits per heavy atom. The summed E-state index contributed by atoms with van der Waals surface area (Å²) in [6.45, 7) is 6.59. The highest BCUT2D eigenvalue weighted by Crippen LogP contribution is 2.40. The van der Waals surface area contributed by atoms with Gasteiger partial charge in [0.05, 0.1) is 13.2 Å². The Bertz CT molecular complexity index is 978. The van der Waals surface area contributed by atoms with Crippen LogP contribution in [0.1, 0.15) is 37.9 Å². The highest BCUT2D eigenvalue weighted by atomic mass is 32.2. The van der Waals surface area contributed by atoms with Gasteiger partial charge in [0.25, 0.3) is 0 Å². The smallest absolute Gasteiger partial charge is 0.246 e. The largest absolute Gasteiger partial charge is 0.490 e. The molecule has 1 unspecified atom stereocenters. The summed E-state index contributed by atoms with van der Waals surface area (Å²) in [5, 5.41) is 0. The molecule has 0 radical (unpaired) electrons. The minimum absolute atomic E-state index is 0.187. The van der Waals surface area contributed by atoms with E-state index in [1.807, 2.05) is 19.9 Å². The maximum absolute atomic E-state index is 14.1. The van der Waals surface area contributed by atoms with Gasteiger partial charge >= 0.3 is 0 Å². The fourth-order valence-electron chi connectivity index (χ4n) is 3.48. The highest BCUT2D eigenvalue weighted by Gasteiger charge is 2.36. The van der Waals surface area contributed by atoms with Gasteiger partial charge < -0.3 is 9.47 Å². The number of hydrogen-bond donors (Lipinski definition) is 0. The van der Waals surface area contributed by atoms with Crippen LogP contribution in [0.4, 0.5) is 8.78 Å². The van der Waals surface area contributed by atoms with Crippen molar-refractivity contribution in [2.75, 3.05) is 19.8 Å². The quantitative estimate of drug-likeness (QED) is 0.719. The monoisotopic (exact) mass is 411 g/mol. The third-order valence-corrected chi connectivity index (χ3v) is 6.77. The molecular weight excluding hydrogens is 388 g/mol. The molecule has 0 bridgehead atoms. The lowest BCUT2D eigenvalue weighted by molar-refractivity contribution is 0.282. The van der Waals surface area contributed by atoms with Crippen molar-refractivity contribution in [3.8, 4) is 11.5 Å². The molecule has 28 heavy (non-hydrogen) atoms.